The lowest BCUT2D eigenvalue weighted by molar-refractivity contribution is 0.410. The van der Waals surface area contributed by atoms with Gasteiger partial charge in [-0.05, 0) is 25.7 Å². The van der Waals surface area contributed by atoms with E-state index in [4.69, 9.17) is 5.73 Å². The van der Waals surface area contributed by atoms with Gasteiger partial charge in [0.25, 0.3) is 0 Å². The Labute approximate surface area is 109 Å². The van der Waals surface area contributed by atoms with Gasteiger partial charge in [0.1, 0.15) is 12.1 Å². The molecule has 0 aromatic carbocycles. The maximum absolute atomic E-state index is 5.92. The summed E-state index contributed by atoms with van der Waals surface area (Å²) in [7, 11) is 0. The highest BCUT2D eigenvalue weighted by Crippen LogP contribution is 2.24. The van der Waals surface area contributed by atoms with E-state index in [9.17, 15) is 0 Å². The highest BCUT2D eigenvalue weighted by atomic mass is 15.0. The van der Waals surface area contributed by atoms with Crippen LogP contribution in [0.2, 0.25) is 0 Å². The van der Waals surface area contributed by atoms with Crippen LogP contribution < -0.4 is 11.1 Å². The predicted octanol–water partition coefficient (Wildman–Crippen LogP) is 2.46. The number of hydrogen-bond acceptors (Lipinski definition) is 4. The summed E-state index contributed by atoms with van der Waals surface area (Å²) < 4.78 is 0. The summed E-state index contributed by atoms with van der Waals surface area (Å²) >= 11 is 0. The van der Waals surface area contributed by atoms with Crippen LogP contribution in [0, 0.1) is 0 Å². The van der Waals surface area contributed by atoms with Crippen LogP contribution in [-0.4, -0.2) is 22.1 Å². The molecular formula is C14H24N4. The first-order valence-corrected chi connectivity index (χ1v) is 6.80. The molecule has 18 heavy (non-hydrogen) atoms. The zero-order chi connectivity index (χ0) is 13.2. The van der Waals surface area contributed by atoms with Crippen molar-refractivity contribution in [3.63, 3.8) is 0 Å². The molecule has 100 valence electrons. The quantitative estimate of drug-likeness (QED) is 0.844. The molecule has 4 heteroatoms. The van der Waals surface area contributed by atoms with Crippen LogP contribution in [0.15, 0.2) is 12.4 Å². The van der Waals surface area contributed by atoms with Crippen molar-refractivity contribution in [1.82, 2.24) is 9.97 Å². The van der Waals surface area contributed by atoms with E-state index in [1.807, 2.05) is 0 Å². The third-order valence-corrected chi connectivity index (χ3v) is 3.56. The number of hydrogen-bond donors (Lipinski definition) is 2. The zero-order valence-corrected chi connectivity index (χ0v) is 11.6. The summed E-state index contributed by atoms with van der Waals surface area (Å²) in [5.41, 5.74) is 7.06. The monoisotopic (exact) mass is 248 g/mol. The Kier molecular flexibility index (Phi) is 3.85. The molecule has 1 aromatic heterocycles. The Morgan fingerprint density at radius 2 is 1.83 bits per heavy atom. The molecule has 2 rings (SSSR count). The Bertz CT molecular complexity index is 389. The number of nitrogens with two attached hydrogens (primary N) is 1. The molecule has 3 N–H and O–H groups in total. The van der Waals surface area contributed by atoms with Crippen LogP contribution in [0.1, 0.15) is 52.1 Å². The van der Waals surface area contributed by atoms with Gasteiger partial charge in [0, 0.05) is 23.6 Å². The van der Waals surface area contributed by atoms with Gasteiger partial charge < -0.3 is 11.1 Å². The molecule has 0 bridgehead atoms. The van der Waals surface area contributed by atoms with Crippen molar-refractivity contribution >= 4 is 5.82 Å². The molecule has 1 saturated carbocycles. The topological polar surface area (TPSA) is 63.8 Å². The highest BCUT2D eigenvalue weighted by molar-refractivity contribution is 5.37. The fourth-order valence-corrected chi connectivity index (χ4v) is 2.32. The van der Waals surface area contributed by atoms with Crippen LogP contribution in [0.25, 0.3) is 0 Å². The van der Waals surface area contributed by atoms with Crippen molar-refractivity contribution in [3.05, 3.63) is 18.1 Å². The first-order chi connectivity index (χ1) is 8.45. The second-order valence-electron chi connectivity index (χ2n) is 6.29. The van der Waals surface area contributed by atoms with E-state index in [1.54, 1.807) is 6.33 Å². The molecule has 1 fully saturated rings. The smallest absolute Gasteiger partial charge is 0.129 e. The van der Waals surface area contributed by atoms with Crippen molar-refractivity contribution in [1.29, 1.82) is 0 Å². The lowest BCUT2D eigenvalue weighted by Gasteiger charge is -2.27. The lowest BCUT2D eigenvalue weighted by atomic mass is 9.91. The fraction of sp³-hybridized carbons (Fsp3) is 0.714. The molecule has 1 aromatic rings. The van der Waals surface area contributed by atoms with E-state index >= 15 is 0 Å². The standard InChI is InChI=1S/C14H24N4/c1-14(2,3)12-8-13(17-9-16-12)18-11-6-4-10(15)5-7-11/h8-11H,4-7,15H2,1-3H3,(H,16,17,18). The van der Waals surface area contributed by atoms with Crippen molar-refractivity contribution in [2.45, 2.75) is 64.0 Å². The van der Waals surface area contributed by atoms with Gasteiger partial charge in [0.2, 0.25) is 0 Å². The average molecular weight is 248 g/mol. The van der Waals surface area contributed by atoms with E-state index in [2.05, 4.69) is 42.1 Å². The Morgan fingerprint density at radius 3 is 2.44 bits per heavy atom. The van der Waals surface area contributed by atoms with Crippen molar-refractivity contribution in [3.8, 4) is 0 Å². The van der Waals surface area contributed by atoms with E-state index in [1.165, 1.54) is 0 Å². The van der Waals surface area contributed by atoms with Gasteiger partial charge in [-0.3, -0.25) is 0 Å². The minimum Gasteiger partial charge on any atom is -0.367 e. The number of rotatable bonds is 2. The summed E-state index contributed by atoms with van der Waals surface area (Å²) in [4.78, 5) is 8.66. The molecule has 0 aliphatic heterocycles. The van der Waals surface area contributed by atoms with Crippen LogP contribution in [-0.2, 0) is 5.41 Å². The van der Waals surface area contributed by atoms with E-state index in [-0.39, 0.29) is 5.41 Å². The zero-order valence-electron chi connectivity index (χ0n) is 11.6. The van der Waals surface area contributed by atoms with E-state index in [0.717, 1.165) is 37.2 Å². The molecule has 1 heterocycles. The van der Waals surface area contributed by atoms with Gasteiger partial charge in [-0.25, -0.2) is 9.97 Å². The molecule has 0 amide bonds. The van der Waals surface area contributed by atoms with Gasteiger partial charge in [-0.15, -0.1) is 0 Å². The summed E-state index contributed by atoms with van der Waals surface area (Å²) in [6, 6.07) is 2.96. The van der Waals surface area contributed by atoms with Crippen LogP contribution in [0.5, 0.6) is 0 Å². The second-order valence-corrected chi connectivity index (χ2v) is 6.29. The van der Waals surface area contributed by atoms with Crippen molar-refractivity contribution in [2.24, 2.45) is 5.73 Å². The minimum atomic E-state index is 0.0638. The highest BCUT2D eigenvalue weighted by Gasteiger charge is 2.20. The minimum absolute atomic E-state index is 0.0638. The molecular weight excluding hydrogens is 224 g/mol. The second kappa shape index (κ2) is 5.22. The molecule has 0 spiro atoms. The number of anilines is 1. The molecule has 0 unspecified atom stereocenters. The molecule has 4 nitrogen and oxygen atoms in total. The average Bonchev–Trinajstić information content (AvgIpc) is 2.31. The Morgan fingerprint density at radius 1 is 1.17 bits per heavy atom. The summed E-state index contributed by atoms with van der Waals surface area (Å²) in [5.74, 6) is 0.940. The lowest BCUT2D eigenvalue weighted by Crippen LogP contribution is -2.33. The van der Waals surface area contributed by atoms with Gasteiger partial charge in [0.05, 0.1) is 5.69 Å². The Balaban J connectivity index is 2.01. The van der Waals surface area contributed by atoms with E-state index in [0.29, 0.717) is 12.1 Å². The van der Waals surface area contributed by atoms with Crippen molar-refractivity contribution < 1.29 is 0 Å². The molecule has 0 atom stereocenters. The first kappa shape index (κ1) is 13.3. The van der Waals surface area contributed by atoms with Crippen LogP contribution in [0.4, 0.5) is 5.82 Å². The third kappa shape index (κ3) is 3.42. The molecule has 1 aliphatic rings. The van der Waals surface area contributed by atoms with Crippen molar-refractivity contribution in [2.75, 3.05) is 5.32 Å². The first-order valence-electron chi connectivity index (χ1n) is 6.80. The van der Waals surface area contributed by atoms with E-state index < -0.39 is 0 Å². The normalized spacial score (nSPS) is 24.9. The third-order valence-electron chi connectivity index (χ3n) is 3.56. The predicted molar refractivity (Wildman–Crippen MR) is 74.6 cm³/mol. The summed E-state index contributed by atoms with van der Waals surface area (Å²) in [6.45, 7) is 6.50. The summed E-state index contributed by atoms with van der Waals surface area (Å²) in [5, 5.41) is 3.51. The van der Waals surface area contributed by atoms with Gasteiger partial charge >= 0.3 is 0 Å². The maximum atomic E-state index is 5.92. The maximum Gasteiger partial charge on any atom is 0.129 e. The molecule has 0 saturated heterocycles. The van der Waals surface area contributed by atoms with Crippen LogP contribution >= 0.6 is 0 Å². The number of aromatic nitrogens is 2. The van der Waals surface area contributed by atoms with Gasteiger partial charge in [-0.2, -0.15) is 0 Å². The largest absolute Gasteiger partial charge is 0.367 e. The number of nitrogens with one attached hydrogen (secondary N) is 1. The number of nitrogens with zero attached hydrogens (tertiary/aromatic N) is 2. The van der Waals surface area contributed by atoms with Crippen LogP contribution in [0.3, 0.4) is 0 Å². The molecule has 0 radical (unpaired) electrons. The molecule has 1 aliphatic carbocycles. The van der Waals surface area contributed by atoms with Gasteiger partial charge in [-0.1, -0.05) is 20.8 Å². The van der Waals surface area contributed by atoms with Gasteiger partial charge in [0.15, 0.2) is 0 Å². The fourth-order valence-electron chi connectivity index (χ4n) is 2.32. The summed E-state index contributed by atoms with van der Waals surface area (Å²) in [6.07, 6.45) is 6.13. The Hall–Kier alpha value is -1.16. The SMILES string of the molecule is CC(C)(C)c1cc(NC2CCC(N)CC2)ncn1.